The zero-order chi connectivity index (χ0) is 14.7. The smallest absolute Gasteiger partial charge is 0.206 e. The third-order valence-corrected chi connectivity index (χ3v) is 3.50. The molecule has 1 nitrogen and oxygen atoms in total. The van der Waals surface area contributed by atoms with E-state index in [-0.39, 0.29) is 12.0 Å². The monoisotopic (exact) mass is 273 g/mol. The number of alkyl halides is 3. The fraction of sp³-hybridized carbons (Fsp3) is 0.500. The van der Waals surface area contributed by atoms with Crippen LogP contribution in [0.3, 0.4) is 0 Å². The molecule has 0 aliphatic rings. The lowest BCUT2D eigenvalue weighted by Gasteiger charge is -2.24. The SMILES string of the molecule is CCC(C#N)(CC)Cc1cccc(C(F)(F)F)c1F. The molecular weight excluding hydrogens is 258 g/mol. The Bertz CT molecular complexity index is 481. The number of nitrogens with zero attached hydrogens (tertiary/aromatic N) is 1. The molecule has 1 rings (SSSR count). The van der Waals surface area contributed by atoms with Crippen LogP contribution >= 0.6 is 0 Å². The second kappa shape index (κ2) is 5.60. The van der Waals surface area contributed by atoms with Gasteiger partial charge in [-0.25, -0.2) is 4.39 Å². The molecule has 0 aromatic heterocycles. The van der Waals surface area contributed by atoms with Crippen LogP contribution < -0.4 is 0 Å². The van der Waals surface area contributed by atoms with E-state index >= 15 is 0 Å². The molecule has 19 heavy (non-hydrogen) atoms. The summed E-state index contributed by atoms with van der Waals surface area (Å²) in [5, 5.41) is 9.16. The lowest BCUT2D eigenvalue weighted by atomic mass is 9.78. The summed E-state index contributed by atoms with van der Waals surface area (Å²) < 4.78 is 51.7. The van der Waals surface area contributed by atoms with E-state index in [0.717, 1.165) is 0 Å². The first-order valence-electron chi connectivity index (χ1n) is 6.05. The van der Waals surface area contributed by atoms with E-state index in [1.165, 1.54) is 12.1 Å². The molecule has 0 unspecified atom stereocenters. The first kappa shape index (κ1) is 15.5. The first-order chi connectivity index (χ1) is 8.79. The Morgan fingerprint density at radius 3 is 2.16 bits per heavy atom. The molecule has 0 bridgehead atoms. The minimum atomic E-state index is -4.71. The summed E-state index contributed by atoms with van der Waals surface area (Å²) in [6.45, 7) is 3.55. The minimum absolute atomic E-state index is 0.00769. The van der Waals surface area contributed by atoms with E-state index in [4.69, 9.17) is 5.26 Å². The van der Waals surface area contributed by atoms with Gasteiger partial charge in [-0.3, -0.25) is 0 Å². The first-order valence-corrected chi connectivity index (χ1v) is 6.05. The number of rotatable bonds is 4. The van der Waals surface area contributed by atoms with Gasteiger partial charge < -0.3 is 0 Å². The Kier molecular flexibility index (Phi) is 4.56. The molecule has 0 amide bonds. The van der Waals surface area contributed by atoms with E-state index in [9.17, 15) is 17.6 Å². The Morgan fingerprint density at radius 2 is 1.74 bits per heavy atom. The standard InChI is InChI=1S/C14H15F4N/c1-3-13(4-2,9-19)8-10-6-5-7-11(12(10)15)14(16,17)18/h5-7H,3-4,8H2,1-2H3. The highest BCUT2D eigenvalue weighted by molar-refractivity contribution is 5.30. The van der Waals surface area contributed by atoms with Crippen molar-refractivity contribution in [3.63, 3.8) is 0 Å². The van der Waals surface area contributed by atoms with Gasteiger partial charge in [-0.2, -0.15) is 18.4 Å². The normalized spacial score (nSPS) is 12.3. The van der Waals surface area contributed by atoms with Gasteiger partial charge in [0.25, 0.3) is 0 Å². The van der Waals surface area contributed by atoms with E-state index < -0.39 is 23.0 Å². The molecule has 5 heteroatoms. The van der Waals surface area contributed by atoms with Crippen LogP contribution in [0.4, 0.5) is 17.6 Å². The molecule has 0 spiro atoms. The van der Waals surface area contributed by atoms with Crippen molar-refractivity contribution >= 4 is 0 Å². The van der Waals surface area contributed by atoms with Crippen molar-refractivity contribution in [2.24, 2.45) is 5.41 Å². The van der Waals surface area contributed by atoms with Crippen LogP contribution in [0.2, 0.25) is 0 Å². The van der Waals surface area contributed by atoms with Crippen LogP contribution in [0.25, 0.3) is 0 Å². The summed E-state index contributed by atoms with van der Waals surface area (Å²) in [6, 6.07) is 5.30. The van der Waals surface area contributed by atoms with E-state index in [2.05, 4.69) is 6.07 Å². The second-order valence-corrected chi connectivity index (χ2v) is 4.55. The molecule has 1 aromatic rings. The summed E-state index contributed by atoms with van der Waals surface area (Å²) in [7, 11) is 0. The van der Waals surface area contributed by atoms with Gasteiger partial charge in [-0.1, -0.05) is 26.0 Å². The van der Waals surface area contributed by atoms with Crippen molar-refractivity contribution in [3.05, 3.63) is 35.1 Å². The number of halogens is 4. The molecule has 0 radical (unpaired) electrons. The van der Waals surface area contributed by atoms with E-state index in [0.29, 0.717) is 18.9 Å². The van der Waals surface area contributed by atoms with Crippen LogP contribution in [0.5, 0.6) is 0 Å². The van der Waals surface area contributed by atoms with Gasteiger partial charge in [0, 0.05) is 0 Å². The summed E-state index contributed by atoms with van der Waals surface area (Å²) in [6.07, 6.45) is -3.79. The molecule has 0 N–H and O–H groups in total. The van der Waals surface area contributed by atoms with Crippen molar-refractivity contribution in [3.8, 4) is 6.07 Å². The molecule has 0 saturated carbocycles. The van der Waals surface area contributed by atoms with Crippen LogP contribution in [-0.2, 0) is 12.6 Å². The minimum Gasteiger partial charge on any atom is -0.206 e. The van der Waals surface area contributed by atoms with Gasteiger partial charge in [0.1, 0.15) is 5.82 Å². The van der Waals surface area contributed by atoms with Crippen molar-refractivity contribution in [1.82, 2.24) is 0 Å². The molecule has 0 fully saturated rings. The van der Waals surface area contributed by atoms with Crippen LogP contribution in [0, 0.1) is 22.6 Å². The highest BCUT2D eigenvalue weighted by Gasteiger charge is 2.36. The average Bonchev–Trinajstić information content (AvgIpc) is 2.37. The lowest BCUT2D eigenvalue weighted by Crippen LogP contribution is -2.21. The van der Waals surface area contributed by atoms with Crippen molar-refractivity contribution in [1.29, 1.82) is 5.26 Å². The molecule has 0 saturated heterocycles. The summed E-state index contributed by atoms with van der Waals surface area (Å²) in [5.41, 5.74) is -2.14. The van der Waals surface area contributed by atoms with Gasteiger partial charge in [-0.05, 0) is 30.9 Å². The van der Waals surface area contributed by atoms with Crippen LogP contribution in [0.1, 0.15) is 37.8 Å². The Morgan fingerprint density at radius 1 is 1.16 bits per heavy atom. The molecule has 0 aliphatic heterocycles. The van der Waals surface area contributed by atoms with Crippen LogP contribution in [-0.4, -0.2) is 0 Å². The summed E-state index contributed by atoms with van der Waals surface area (Å²) >= 11 is 0. The van der Waals surface area contributed by atoms with Gasteiger partial charge in [0.15, 0.2) is 0 Å². The third kappa shape index (κ3) is 3.25. The molecule has 0 heterocycles. The Labute approximate surface area is 109 Å². The molecule has 0 aliphatic carbocycles. The van der Waals surface area contributed by atoms with Gasteiger partial charge in [-0.15, -0.1) is 0 Å². The Balaban J connectivity index is 3.21. The van der Waals surface area contributed by atoms with E-state index in [1.807, 2.05) is 0 Å². The van der Waals surface area contributed by atoms with E-state index in [1.54, 1.807) is 13.8 Å². The van der Waals surface area contributed by atoms with Gasteiger partial charge in [0.2, 0.25) is 0 Å². The maximum atomic E-state index is 13.9. The number of hydrogen-bond acceptors (Lipinski definition) is 1. The van der Waals surface area contributed by atoms with Crippen molar-refractivity contribution in [2.45, 2.75) is 39.3 Å². The lowest BCUT2D eigenvalue weighted by molar-refractivity contribution is -0.140. The zero-order valence-corrected chi connectivity index (χ0v) is 10.8. The predicted octanol–water partition coefficient (Wildman–Crippen LogP) is 4.72. The van der Waals surface area contributed by atoms with Gasteiger partial charge in [0.05, 0.1) is 17.0 Å². The number of benzene rings is 1. The largest absolute Gasteiger partial charge is 0.419 e. The third-order valence-electron chi connectivity index (χ3n) is 3.50. The van der Waals surface area contributed by atoms with Crippen molar-refractivity contribution < 1.29 is 17.6 Å². The maximum Gasteiger partial charge on any atom is 0.419 e. The van der Waals surface area contributed by atoms with Crippen LogP contribution in [0.15, 0.2) is 18.2 Å². The fourth-order valence-electron chi connectivity index (χ4n) is 2.00. The highest BCUT2D eigenvalue weighted by Crippen LogP contribution is 2.36. The topological polar surface area (TPSA) is 23.8 Å². The second-order valence-electron chi connectivity index (χ2n) is 4.55. The number of nitriles is 1. The number of hydrogen-bond donors (Lipinski definition) is 0. The molecular formula is C14H15F4N. The predicted molar refractivity (Wildman–Crippen MR) is 63.7 cm³/mol. The summed E-state index contributed by atoms with van der Waals surface area (Å²) in [5.74, 6) is -1.27. The molecule has 0 atom stereocenters. The fourth-order valence-corrected chi connectivity index (χ4v) is 2.00. The summed E-state index contributed by atoms with van der Waals surface area (Å²) in [4.78, 5) is 0. The maximum absolute atomic E-state index is 13.9. The average molecular weight is 273 g/mol. The molecule has 1 aromatic carbocycles. The molecule has 104 valence electrons. The van der Waals surface area contributed by atoms with Crippen molar-refractivity contribution in [2.75, 3.05) is 0 Å². The zero-order valence-electron chi connectivity index (χ0n) is 10.8. The Hall–Kier alpha value is -1.57. The quantitative estimate of drug-likeness (QED) is 0.728. The highest BCUT2D eigenvalue weighted by atomic mass is 19.4. The van der Waals surface area contributed by atoms with Gasteiger partial charge >= 0.3 is 6.18 Å².